The van der Waals surface area contributed by atoms with Gasteiger partial charge in [-0.25, -0.2) is 0 Å². The fourth-order valence-electron chi connectivity index (χ4n) is 1.64. The summed E-state index contributed by atoms with van der Waals surface area (Å²) in [5, 5.41) is 1.12. The molecule has 0 aliphatic rings. The van der Waals surface area contributed by atoms with Crippen LogP contribution >= 0.6 is 0 Å². The molecule has 0 bridgehead atoms. The van der Waals surface area contributed by atoms with Crippen molar-refractivity contribution in [2.24, 2.45) is 11.7 Å². The van der Waals surface area contributed by atoms with Crippen molar-refractivity contribution in [3.8, 4) is 0 Å². The minimum atomic E-state index is -0.286. The maximum absolute atomic E-state index is 6.31. The first kappa shape index (κ1) is 10.2. The maximum atomic E-state index is 6.31. The molecular formula is C13H17NO. The highest BCUT2D eigenvalue weighted by molar-refractivity contribution is 5.78. The largest absolute Gasteiger partial charge is 0.464 e. The van der Waals surface area contributed by atoms with Crippen LogP contribution in [0.5, 0.6) is 0 Å². The van der Waals surface area contributed by atoms with Gasteiger partial charge >= 0.3 is 0 Å². The van der Waals surface area contributed by atoms with Crippen molar-refractivity contribution < 1.29 is 4.42 Å². The Balaban J connectivity index is 2.52. The van der Waals surface area contributed by atoms with Gasteiger partial charge in [0.2, 0.25) is 0 Å². The molecule has 0 radical (unpaired) electrons. The van der Waals surface area contributed by atoms with Gasteiger partial charge in [-0.05, 0) is 36.6 Å². The topological polar surface area (TPSA) is 39.2 Å². The maximum Gasteiger partial charge on any atom is 0.133 e. The van der Waals surface area contributed by atoms with Gasteiger partial charge in [-0.15, -0.1) is 0 Å². The van der Waals surface area contributed by atoms with E-state index in [1.807, 2.05) is 18.2 Å². The highest BCUT2D eigenvalue weighted by Crippen LogP contribution is 2.29. The van der Waals surface area contributed by atoms with E-state index in [0.717, 1.165) is 16.5 Å². The SMILES string of the molecule is CC(C)C(C)(N)c1ccc2occc2c1. The lowest BCUT2D eigenvalue weighted by Crippen LogP contribution is -2.38. The summed E-state index contributed by atoms with van der Waals surface area (Å²) in [5.74, 6) is 0.404. The van der Waals surface area contributed by atoms with Crippen LogP contribution in [0.2, 0.25) is 0 Å². The third-order valence-corrected chi connectivity index (χ3v) is 3.27. The second-order valence-corrected chi connectivity index (χ2v) is 4.61. The van der Waals surface area contributed by atoms with Crippen molar-refractivity contribution in [3.63, 3.8) is 0 Å². The molecule has 0 spiro atoms. The van der Waals surface area contributed by atoms with Gasteiger partial charge in [-0.3, -0.25) is 0 Å². The monoisotopic (exact) mass is 203 g/mol. The quantitative estimate of drug-likeness (QED) is 0.813. The molecule has 1 aromatic carbocycles. The molecule has 2 N–H and O–H groups in total. The first-order valence-corrected chi connectivity index (χ1v) is 5.28. The van der Waals surface area contributed by atoms with Crippen LogP contribution in [-0.2, 0) is 5.54 Å². The first-order chi connectivity index (χ1) is 7.01. The Bertz CT molecular complexity index is 468. The van der Waals surface area contributed by atoms with Gasteiger partial charge in [0.25, 0.3) is 0 Å². The van der Waals surface area contributed by atoms with Crippen molar-refractivity contribution in [2.45, 2.75) is 26.3 Å². The van der Waals surface area contributed by atoms with E-state index in [9.17, 15) is 0 Å². The highest BCUT2D eigenvalue weighted by atomic mass is 16.3. The van der Waals surface area contributed by atoms with Gasteiger partial charge in [-0.2, -0.15) is 0 Å². The Labute approximate surface area is 90.1 Å². The summed E-state index contributed by atoms with van der Waals surface area (Å²) in [6.07, 6.45) is 1.71. The van der Waals surface area contributed by atoms with E-state index in [1.54, 1.807) is 6.26 Å². The number of nitrogens with two attached hydrogens (primary N) is 1. The molecule has 0 saturated carbocycles. The molecule has 0 aliphatic heterocycles. The molecular weight excluding hydrogens is 186 g/mol. The van der Waals surface area contributed by atoms with Gasteiger partial charge in [0, 0.05) is 10.9 Å². The number of fused-ring (bicyclic) bond motifs is 1. The van der Waals surface area contributed by atoms with Crippen molar-refractivity contribution in [1.29, 1.82) is 0 Å². The van der Waals surface area contributed by atoms with Gasteiger partial charge in [0.05, 0.1) is 6.26 Å². The average molecular weight is 203 g/mol. The molecule has 1 aromatic heterocycles. The van der Waals surface area contributed by atoms with E-state index in [0.29, 0.717) is 5.92 Å². The molecule has 1 atom stereocenters. The van der Waals surface area contributed by atoms with Crippen LogP contribution in [0, 0.1) is 5.92 Å². The van der Waals surface area contributed by atoms with Crippen LogP contribution in [-0.4, -0.2) is 0 Å². The third kappa shape index (κ3) is 1.65. The number of rotatable bonds is 2. The Morgan fingerprint density at radius 1 is 1.27 bits per heavy atom. The van der Waals surface area contributed by atoms with Gasteiger partial charge in [0.15, 0.2) is 0 Å². The smallest absolute Gasteiger partial charge is 0.133 e. The van der Waals surface area contributed by atoms with Crippen LogP contribution in [0.3, 0.4) is 0 Å². The van der Waals surface area contributed by atoms with Crippen LogP contribution in [0.1, 0.15) is 26.3 Å². The lowest BCUT2D eigenvalue weighted by Gasteiger charge is -2.29. The second kappa shape index (κ2) is 3.38. The molecule has 80 valence electrons. The van der Waals surface area contributed by atoms with Crippen LogP contribution < -0.4 is 5.73 Å². The Hall–Kier alpha value is -1.28. The Morgan fingerprint density at radius 2 is 2.00 bits per heavy atom. The minimum absolute atomic E-state index is 0.286. The summed E-state index contributed by atoms with van der Waals surface area (Å²) in [6, 6.07) is 8.11. The predicted octanol–water partition coefficient (Wildman–Crippen LogP) is 3.26. The standard InChI is InChI=1S/C13H17NO/c1-9(2)13(3,14)11-4-5-12-10(8-11)6-7-15-12/h4-9H,14H2,1-3H3. The van der Waals surface area contributed by atoms with Crippen molar-refractivity contribution in [2.75, 3.05) is 0 Å². The van der Waals surface area contributed by atoms with Gasteiger partial charge in [-0.1, -0.05) is 19.9 Å². The summed E-state index contributed by atoms with van der Waals surface area (Å²) in [5.41, 5.74) is 8.10. The molecule has 2 aromatic rings. The molecule has 0 fully saturated rings. The normalized spacial score (nSPS) is 15.8. The number of hydrogen-bond donors (Lipinski definition) is 1. The highest BCUT2D eigenvalue weighted by Gasteiger charge is 2.25. The zero-order valence-electron chi connectivity index (χ0n) is 9.45. The molecule has 0 amide bonds. The first-order valence-electron chi connectivity index (χ1n) is 5.28. The number of benzene rings is 1. The summed E-state index contributed by atoms with van der Waals surface area (Å²) in [4.78, 5) is 0. The fourth-order valence-corrected chi connectivity index (χ4v) is 1.64. The second-order valence-electron chi connectivity index (χ2n) is 4.61. The molecule has 1 heterocycles. The van der Waals surface area contributed by atoms with Crippen molar-refractivity contribution in [1.82, 2.24) is 0 Å². The molecule has 0 aliphatic carbocycles. The molecule has 2 rings (SSSR count). The van der Waals surface area contributed by atoms with Crippen molar-refractivity contribution in [3.05, 3.63) is 36.1 Å². The predicted molar refractivity (Wildman–Crippen MR) is 62.6 cm³/mol. The van der Waals surface area contributed by atoms with Gasteiger partial charge in [0.1, 0.15) is 5.58 Å². The van der Waals surface area contributed by atoms with E-state index >= 15 is 0 Å². The molecule has 1 unspecified atom stereocenters. The zero-order valence-corrected chi connectivity index (χ0v) is 9.45. The molecule has 0 saturated heterocycles. The molecule has 2 heteroatoms. The molecule has 2 nitrogen and oxygen atoms in total. The number of hydrogen-bond acceptors (Lipinski definition) is 2. The zero-order chi connectivity index (χ0) is 11.1. The van der Waals surface area contributed by atoms with Gasteiger partial charge < -0.3 is 10.2 Å². The summed E-state index contributed by atoms with van der Waals surface area (Å²) in [7, 11) is 0. The number of furan rings is 1. The lowest BCUT2D eigenvalue weighted by atomic mass is 9.82. The summed E-state index contributed by atoms with van der Waals surface area (Å²) < 4.78 is 5.31. The van der Waals surface area contributed by atoms with E-state index in [-0.39, 0.29) is 5.54 Å². The Morgan fingerprint density at radius 3 is 2.67 bits per heavy atom. The van der Waals surface area contributed by atoms with E-state index in [4.69, 9.17) is 10.2 Å². The van der Waals surface area contributed by atoms with Crippen LogP contribution in [0.4, 0.5) is 0 Å². The average Bonchev–Trinajstić information content (AvgIpc) is 2.63. The van der Waals surface area contributed by atoms with Crippen LogP contribution in [0.15, 0.2) is 34.9 Å². The summed E-state index contributed by atoms with van der Waals surface area (Å²) >= 11 is 0. The van der Waals surface area contributed by atoms with Crippen molar-refractivity contribution >= 4 is 11.0 Å². The van der Waals surface area contributed by atoms with Crippen LogP contribution in [0.25, 0.3) is 11.0 Å². The fraction of sp³-hybridized carbons (Fsp3) is 0.385. The minimum Gasteiger partial charge on any atom is -0.464 e. The van der Waals surface area contributed by atoms with E-state index < -0.39 is 0 Å². The molecule has 15 heavy (non-hydrogen) atoms. The van der Waals surface area contributed by atoms with E-state index in [1.165, 1.54) is 0 Å². The Kier molecular flexibility index (Phi) is 2.31. The summed E-state index contributed by atoms with van der Waals surface area (Å²) in [6.45, 7) is 6.35. The third-order valence-electron chi connectivity index (χ3n) is 3.27. The van der Waals surface area contributed by atoms with E-state index in [2.05, 4.69) is 26.8 Å². The lowest BCUT2D eigenvalue weighted by molar-refractivity contribution is 0.351.